The molecule has 1 fully saturated rings. The van der Waals surface area contributed by atoms with Crippen molar-refractivity contribution in [2.45, 2.75) is 25.5 Å². The summed E-state index contributed by atoms with van der Waals surface area (Å²) in [5, 5.41) is 3.28. The zero-order chi connectivity index (χ0) is 19.9. The highest BCUT2D eigenvalue weighted by molar-refractivity contribution is 5.94. The molecule has 2 aromatic heterocycles. The van der Waals surface area contributed by atoms with Crippen molar-refractivity contribution in [3.63, 3.8) is 0 Å². The second-order valence-corrected chi connectivity index (χ2v) is 7.07. The Labute approximate surface area is 170 Å². The number of carbonyl (C=O) groups is 1. The Balaban J connectivity index is 1.27. The molecule has 6 nitrogen and oxygen atoms in total. The number of aromatic nitrogens is 2. The number of benzene rings is 1. The summed E-state index contributed by atoms with van der Waals surface area (Å²) >= 11 is 0. The fraction of sp³-hybridized carbons (Fsp3) is 0.261. The number of carbonyl (C=O) groups excluding carboxylic acids is 1. The number of piperidine rings is 1. The van der Waals surface area contributed by atoms with Gasteiger partial charge in [-0.05, 0) is 29.8 Å². The van der Waals surface area contributed by atoms with Crippen molar-refractivity contribution in [1.29, 1.82) is 0 Å². The number of amides is 1. The van der Waals surface area contributed by atoms with E-state index in [1.54, 1.807) is 18.6 Å². The summed E-state index contributed by atoms with van der Waals surface area (Å²) in [5.74, 6) is 1.56. The minimum Gasteiger partial charge on any atom is -0.489 e. The van der Waals surface area contributed by atoms with Gasteiger partial charge in [-0.15, -0.1) is 0 Å². The van der Waals surface area contributed by atoms with Crippen LogP contribution in [0, 0.1) is 0 Å². The van der Waals surface area contributed by atoms with Crippen LogP contribution >= 0.6 is 0 Å². The molecule has 0 unspecified atom stereocenters. The second-order valence-electron chi connectivity index (χ2n) is 7.07. The average molecular weight is 388 g/mol. The smallest absolute Gasteiger partial charge is 0.255 e. The first-order valence-electron chi connectivity index (χ1n) is 9.88. The third-order valence-electron chi connectivity index (χ3n) is 4.99. The van der Waals surface area contributed by atoms with E-state index < -0.39 is 0 Å². The van der Waals surface area contributed by atoms with Gasteiger partial charge in [0.2, 0.25) is 0 Å². The fourth-order valence-corrected chi connectivity index (χ4v) is 3.38. The van der Waals surface area contributed by atoms with Gasteiger partial charge in [0.25, 0.3) is 5.91 Å². The van der Waals surface area contributed by atoms with Crippen LogP contribution in [0.5, 0.6) is 5.75 Å². The average Bonchev–Trinajstić information content (AvgIpc) is 2.79. The SMILES string of the molecule is O=C(c1ccc(NCc2ccccc2)nc1)N1CCC(Oc2cccnc2)CC1. The lowest BCUT2D eigenvalue weighted by Crippen LogP contribution is -2.41. The van der Waals surface area contributed by atoms with Gasteiger partial charge in [0, 0.05) is 44.9 Å². The van der Waals surface area contributed by atoms with Crippen molar-refractivity contribution in [2.75, 3.05) is 18.4 Å². The number of nitrogens with zero attached hydrogens (tertiary/aromatic N) is 3. The third kappa shape index (κ3) is 5.10. The fourth-order valence-electron chi connectivity index (χ4n) is 3.38. The quantitative estimate of drug-likeness (QED) is 0.696. The molecule has 1 saturated heterocycles. The normalized spacial score (nSPS) is 14.4. The molecular formula is C23H24N4O2. The van der Waals surface area contributed by atoms with E-state index in [-0.39, 0.29) is 12.0 Å². The van der Waals surface area contributed by atoms with Crippen molar-refractivity contribution in [3.8, 4) is 5.75 Å². The van der Waals surface area contributed by atoms with Gasteiger partial charge < -0.3 is 15.0 Å². The summed E-state index contributed by atoms with van der Waals surface area (Å²) in [6.45, 7) is 2.06. The Hall–Kier alpha value is -3.41. The van der Waals surface area contributed by atoms with Gasteiger partial charge >= 0.3 is 0 Å². The molecule has 0 radical (unpaired) electrons. The summed E-state index contributed by atoms with van der Waals surface area (Å²) in [7, 11) is 0. The van der Waals surface area contributed by atoms with Crippen molar-refractivity contribution < 1.29 is 9.53 Å². The lowest BCUT2D eigenvalue weighted by molar-refractivity contribution is 0.0594. The number of pyridine rings is 2. The van der Waals surface area contributed by atoms with Gasteiger partial charge in [0.1, 0.15) is 17.7 Å². The van der Waals surface area contributed by atoms with Gasteiger partial charge in [-0.25, -0.2) is 4.98 Å². The maximum atomic E-state index is 12.8. The molecule has 0 aliphatic carbocycles. The van der Waals surface area contributed by atoms with E-state index in [0.29, 0.717) is 25.2 Å². The molecule has 4 rings (SSSR count). The molecule has 3 heterocycles. The molecule has 1 aliphatic heterocycles. The summed E-state index contributed by atoms with van der Waals surface area (Å²) in [4.78, 5) is 23.1. The molecule has 0 spiro atoms. The van der Waals surface area contributed by atoms with Crippen LogP contribution in [0.2, 0.25) is 0 Å². The second kappa shape index (κ2) is 9.19. The summed E-state index contributed by atoms with van der Waals surface area (Å²) < 4.78 is 5.95. The van der Waals surface area contributed by atoms with Gasteiger partial charge in [-0.3, -0.25) is 9.78 Å². The zero-order valence-corrected chi connectivity index (χ0v) is 16.2. The standard InChI is InChI=1S/C23H24N4O2/c28-23(27-13-10-20(11-14-27)29-21-7-4-12-24-17-21)19-8-9-22(26-16-19)25-15-18-5-2-1-3-6-18/h1-9,12,16-17,20H,10-11,13-15H2,(H,25,26). The molecule has 148 valence electrons. The summed E-state index contributed by atoms with van der Waals surface area (Å²) in [6, 6.07) is 17.6. The topological polar surface area (TPSA) is 67.4 Å². The highest BCUT2D eigenvalue weighted by atomic mass is 16.5. The van der Waals surface area contributed by atoms with Gasteiger partial charge in [-0.1, -0.05) is 30.3 Å². The Morgan fingerprint density at radius 2 is 1.86 bits per heavy atom. The number of likely N-dealkylation sites (tertiary alicyclic amines) is 1. The largest absolute Gasteiger partial charge is 0.489 e. The highest BCUT2D eigenvalue weighted by Crippen LogP contribution is 2.19. The van der Waals surface area contributed by atoms with Crippen LogP contribution in [-0.2, 0) is 6.54 Å². The summed E-state index contributed by atoms with van der Waals surface area (Å²) in [5.41, 5.74) is 1.80. The molecule has 1 aliphatic rings. The van der Waals surface area contributed by atoms with E-state index in [9.17, 15) is 4.79 Å². The van der Waals surface area contributed by atoms with Crippen molar-refractivity contribution in [3.05, 3.63) is 84.3 Å². The molecular weight excluding hydrogens is 364 g/mol. The number of anilines is 1. The van der Waals surface area contributed by atoms with E-state index in [2.05, 4.69) is 27.4 Å². The van der Waals surface area contributed by atoms with Crippen molar-refractivity contribution in [2.24, 2.45) is 0 Å². The van der Waals surface area contributed by atoms with Crippen LogP contribution in [0.3, 0.4) is 0 Å². The number of rotatable bonds is 6. The van der Waals surface area contributed by atoms with Crippen molar-refractivity contribution >= 4 is 11.7 Å². The Morgan fingerprint density at radius 1 is 1.03 bits per heavy atom. The third-order valence-corrected chi connectivity index (χ3v) is 4.99. The molecule has 0 saturated carbocycles. The molecule has 0 atom stereocenters. The minimum atomic E-state index is 0.0203. The molecule has 1 amide bonds. The number of nitrogens with one attached hydrogen (secondary N) is 1. The first-order chi connectivity index (χ1) is 14.3. The van der Waals surface area contributed by atoms with Crippen LogP contribution in [0.1, 0.15) is 28.8 Å². The highest BCUT2D eigenvalue weighted by Gasteiger charge is 2.25. The molecule has 6 heteroatoms. The molecule has 1 aromatic carbocycles. The summed E-state index contributed by atoms with van der Waals surface area (Å²) in [6.07, 6.45) is 6.83. The molecule has 29 heavy (non-hydrogen) atoms. The van der Waals surface area contributed by atoms with E-state index in [1.807, 2.05) is 47.4 Å². The monoisotopic (exact) mass is 388 g/mol. The van der Waals surface area contributed by atoms with Crippen LogP contribution in [0.4, 0.5) is 5.82 Å². The van der Waals surface area contributed by atoms with E-state index in [1.165, 1.54) is 5.56 Å². The van der Waals surface area contributed by atoms with E-state index in [4.69, 9.17) is 4.74 Å². The lowest BCUT2D eigenvalue weighted by Gasteiger charge is -2.32. The number of hydrogen-bond donors (Lipinski definition) is 1. The molecule has 1 N–H and O–H groups in total. The van der Waals surface area contributed by atoms with Crippen LogP contribution in [-0.4, -0.2) is 40.0 Å². The maximum absolute atomic E-state index is 12.8. The van der Waals surface area contributed by atoms with Gasteiger partial charge in [0.15, 0.2) is 0 Å². The van der Waals surface area contributed by atoms with E-state index in [0.717, 1.165) is 24.4 Å². The predicted molar refractivity (Wildman–Crippen MR) is 112 cm³/mol. The first-order valence-corrected chi connectivity index (χ1v) is 9.88. The zero-order valence-electron chi connectivity index (χ0n) is 16.2. The number of hydrogen-bond acceptors (Lipinski definition) is 5. The minimum absolute atomic E-state index is 0.0203. The van der Waals surface area contributed by atoms with Crippen LogP contribution in [0.15, 0.2) is 73.2 Å². The van der Waals surface area contributed by atoms with Gasteiger partial charge in [0.05, 0.1) is 11.8 Å². The Bertz CT molecular complexity index is 909. The predicted octanol–water partition coefficient (Wildman–Crippen LogP) is 3.77. The van der Waals surface area contributed by atoms with E-state index >= 15 is 0 Å². The lowest BCUT2D eigenvalue weighted by atomic mass is 10.1. The van der Waals surface area contributed by atoms with Gasteiger partial charge in [-0.2, -0.15) is 0 Å². The van der Waals surface area contributed by atoms with Crippen LogP contribution in [0.25, 0.3) is 0 Å². The number of ether oxygens (including phenoxy) is 1. The maximum Gasteiger partial charge on any atom is 0.255 e. The van der Waals surface area contributed by atoms with Crippen molar-refractivity contribution in [1.82, 2.24) is 14.9 Å². The van der Waals surface area contributed by atoms with Crippen LogP contribution < -0.4 is 10.1 Å². The Kier molecular flexibility index (Phi) is 6.00. The Morgan fingerprint density at radius 3 is 2.55 bits per heavy atom. The molecule has 0 bridgehead atoms. The first kappa shape index (κ1) is 18.9. The molecule has 3 aromatic rings.